The molecule has 0 radical (unpaired) electrons. The molecule has 0 aromatic heterocycles. The molecule has 1 aromatic rings. The van der Waals surface area contributed by atoms with Crippen molar-refractivity contribution in [3.8, 4) is 0 Å². The number of nitro benzene ring substituents is 1. The third kappa shape index (κ3) is 2.66. The molecule has 0 bridgehead atoms. The van der Waals surface area contributed by atoms with Crippen LogP contribution < -0.4 is 0 Å². The normalized spacial score (nSPS) is 15.6. The topological polar surface area (TPSA) is 43.1 Å². The molecule has 0 atom stereocenters. The number of allylic oxidation sites excluding steroid dienone is 1. The Bertz CT molecular complexity index is 439. The zero-order valence-corrected chi connectivity index (χ0v) is 8.73. The molecule has 1 aliphatic carbocycles. The molecule has 2 rings (SSSR count). The summed E-state index contributed by atoms with van der Waals surface area (Å²) in [7, 11) is 0. The Hall–Kier alpha value is -1.71. The molecule has 0 amide bonds. The van der Waals surface area contributed by atoms with E-state index < -0.39 is 16.4 Å². The van der Waals surface area contributed by atoms with Crippen molar-refractivity contribution >= 4 is 11.8 Å². The van der Waals surface area contributed by atoms with E-state index in [0.29, 0.717) is 5.56 Å². The number of nitrogens with zero attached hydrogens (tertiary/aromatic N) is 1. The Morgan fingerprint density at radius 2 is 2.25 bits per heavy atom. The van der Waals surface area contributed by atoms with E-state index in [9.17, 15) is 14.5 Å². The van der Waals surface area contributed by atoms with Crippen molar-refractivity contribution in [2.45, 2.75) is 19.3 Å². The van der Waals surface area contributed by atoms with Crippen molar-refractivity contribution in [2.24, 2.45) is 5.92 Å². The lowest BCUT2D eigenvalue weighted by Gasteiger charge is -1.96. The summed E-state index contributed by atoms with van der Waals surface area (Å²) in [4.78, 5) is 9.68. The van der Waals surface area contributed by atoms with Crippen molar-refractivity contribution in [1.82, 2.24) is 0 Å². The molecule has 0 N–H and O–H groups in total. The fraction of sp³-hybridized carbons (Fsp3) is 0.333. The highest BCUT2D eigenvalue weighted by Crippen LogP contribution is 2.32. The van der Waals surface area contributed by atoms with E-state index in [0.717, 1.165) is 12.3 Å². The average Bonchev–Trinajstić information content (AvgIpc) is 3.01. The molecule has 0 spiro atoms. The van der Waals surface area contributed by atoms with Gasteiger partial charge in [-0.3, -0.25) is 10.1 Å². The Morgan fingerprint density at radius 1 is 1.50 bits per heavy atom. The van der Waals surface area contributed by atoms with Crippen molar-refractivity contribution in [2.75, 3.05) is 0 Å². The molecular formula is C12H12FNO2. The number of halogens is 1. The highest BCUT2D eigenvalue weighted by Gasteiger charge is 2.19. The summed E-state index contributed by atoms with van der Waals surface area (Å²) in [5, 5.41) is 10.4. The SMILES string of the molecule is O=[N+]([O-])c1ccc(/C=C/CC2CC2)cc1F. The average molecular weight is 221 g/mol. The van der Waals surface area contributed by atoms with Gasteiger partial charge < -0.3 is 0 Å². The third-order valence-corrected chi connectivity index (χ3v) is 2.65. The molecule has 1 saturated carbocycles. The maximum absolute atomic E-state index is 13.2. The van der Waals surface area contributed by atoms with Crippen LogP contribution in [0.1, 0.15) is 24.8 Å². The van der Waals surface area contributed by atoms with Crippen LogP contribution in [0.5, 0.6) is 0 Å². The predicted octanol–water partition coefficient (Wildman–Crippen LogP) is 3.55. The maximum Gasteiger partial charge on any atom is 0.304 e. The first kappa shape index (κ1) is 10.8. The van der Waals surface area contributed by atoms with Crippen molar-refractivity contribution < 1.29 is 9.31 Å². The van der Waals surface area contributed by atoms with E-state index in [4.69, 9.17) is 0 Å². The lowest BCUT2D eigenvalue weighted by atomic mass is 10.1. The first-order chi connectivity index (χ1) is 7.66. The standard InChI is InChI=1S/C12H12FNO2/c13-11-8-10(3-1-2-9-4-5-9)6-7-12(11)14(15)16/h1,3,6-9H,2,4-5H2/b3-1+. The van der Waals surface area contributed by atoms with E-state index >= 15 is 0 Å². The fourth-order valence-electron chi connectivity index (χ4n) is 1.53. The lowest BCUT2D eigenvalue weighted by Crippen LogP contribution is -1.92. The monoisotopic (exact) mass is 221 g/mol. The predicted molar refractivity (Wildman–Crippen MR) is 59.4 cm³/mol. The second kappa shape index (κ2) is 4.43. The summed E-state index contributed by atoms with van der Waals surface area (Å²) in [6.07, 6.45) is 7.37. The summed E-state index contributed by atoms with van der Waals surface area (Å²) in [5.74, 6) is 0.0118. The fourth-order valence-corrected chi connectivity index (χ4v) is 1.53. The number of benzene rings is 1. The quantitative estimate of drug-likeness (QED) is 0.576. The van der Waals surface area contributed by atoms with Crippen LogP contribution in [0, 0.1) is 21.8 Å². The van der Waals surface area contributed by atoms with E-state index in [1.807, 2.05) is 12.2 Å². The summed E-state index contributed by atoms with van der Waals surface area (Å²) in [6, 6.07) is 3.96. The number of nitro groups is 1. The van der Waals surface area contributed by atoms with Crippen LogP contribution in [0.3, 0.4) is 0 Å². The zero-order chi connectivity index (χ0) is 11.5. The van der Waals surface area contributed by atoms with Gasteiger partial charge >= 0.3 is 5.69 Å². The minimum absolute atomic E-state index is 0.473. The Labute approximate surface area is 92.7 Å². The van der Waals surface area contributed by atoms with Crippen molar-refractivity contribution in [3.05, 3.63) is 45.8 Å². The molecule has 0 saturated heterocycles. The Morgan fingerprint density at radius 3 is 2.81 bits per heavy atom. The molecule has 16 heavy (non-hydrogen) atoms. The summed E-state index contributed by atoms with van der Waals surface area (Å²) in [6.45, 7) is 0. The third-order valence-electron chi connectivity index (χ3n) is 2.65. The first-order valence-corrected chi connectivity index (χ1v) is 5.27. The number of rotatable bonds is 4. The number of hydrogen-bond acceptors (Lipinski definition) is 2. The van der Waals surface area contributed by atoms with E-state index in [1.165, 1.54) is 25.0 Å². The van der Waals surface area contributed by atoms with Gasteiger partial charge in [0.1, 0.15) is 0 Å². The molecule has 84 valence electrons. The largest absolute Gasteiger partial charge is 0.304 e. The highest BCUT2D eigenvalue weighted by molar-refractivity contribution is 5.52. The van der Waals surface area contributed by atoms with Gasteiger partial charge in [0.05, 0.1) is 4.92 Å². The van der Waals surface area contributed by atoms with Crippen molar-refractivity contribution in [1.29, 1.82) is 0 Å². The van der Waals surface area contributed by atoms with Crippen LogP contribution in [0.2, 0.25) is 0 Å². The van der Waals surface area contributed by atoms with E-state index in [1.54, 1.807) is 6.07 Å². The van der Waals surface area contributed by atoms with Gasteiger partial charge in [0.2, 0.25) is 5.82 Å². The Balaban J connectivity index is 2.07. The van der Waals surface area contributed by atoms with Crippen LogP contribution in [0.4, 0.5) is 10.1 Å². The summed E-state index contributed by atoms with van der Waals surface area (Å²) in [5.41, 5.74) is 0.197. The Kier molecular flexibility index (Phi) is 2.99. The molecule has 1 aromatic carbocycles. The molecule has 4 heteroatoms. The van der Waals surface area contributed by atoms with Crippen LogP contribution in [-0.4, -0.2) is 4.92 Å². The van der Waals surface area contributed by atoms with Crippen molar-refractivity contribution in [3.63, 3.8) is 0 Å². The minimum atomic E-state index is -0.779. The smallest absolute Gasteiger partial charge is 0.258 e. The van der Waals surface area contributed by atoms with Crippen LogP contribution in [0.25, 0.3) is 6.08 Å². The van der Waals surface area contributed by atoms with Gasteiger partial charge in [0, 0.05) is 6.07 Å². The van der Waals surface area contributed by atoms with Gasteiger partial charge in [0.15, 0.2) is 0 Å². The van der Waals surface area contributed by atoms with Gasteiger partial charge in [-0.15, -0.1) is 0 Å². The van der Waals surface area contributed by atoms with Gasteiger partial charge in [-0.25, -0.2) is 0 Å². The summed E-state index contributed by atoms with van der Waals surface area (Å²) >= 11 is 0. The van der Waals surface area contributed by atoms with Gasteiger partial charge in [-0.1, -0.05) is 12.2 Å². The van der Waals surface area contributed by atoms with E-state index in [2.05, 4.69) is 0 Å². The van der Waals surface area contributed by atoms with Crippen LogP contribution in [-0.2, 0) is 0 Å². The molecule has 0 heterocycles. The van der Waals surface area contributed by atoms with Gasteiger partial charge in [0.25, 0.3) is 0 Å². The van der Waals surface area contributed by atoms with Crippen LogP contribution >= 0.6 is 0 Å². The zero-order valence-electron chi connectivity index (χ0n) is 8.73. The summed E-state index contributed by atoms with van der Waals surface area (Å²) < 4.78 is 13.2. The number of hydrogen-bond donors (Lipinski definition) is 0. The second-order valence-electron chi connectivity index (χ2n) is 4.05. The molecular weight excluding hydrogens is 209 g/mol. The van der Waals surface area contributed by atoms with Crippen LogP contribution in [0.15, 0.2) is 24.3 Å². The molecule has 3 nitrogen and oxygen atoms in total. The first-order valence-electron chi connectivity index (χ1n) is 5.27. The van der Waals surface area contributed by atoms with Gasteiger partial charge in [-0.05, 0) is 42.9 Å². The molecule has 1 aliphatic rings. The minimum Gasteiger partial charge on any atom is -0.258 e. The molecule has 0 aliphatic heterocycles. The highest BCUT2D eigenvalue weighted by atomic mass is 19.1. The maximum atomic E-state index is 13.2. The van der Waals surface area contributed by atoms with E-state index in [-0.39, 0.29) is 0 Å². The lowest BCUT2D eigenvalue weighted by molar-refractivity contribution is -0.387. The van der Waals surface area contributed by atoms with Gasteiger partial charge in [-0.2, -0.15) is 4.39 Å². The second-order valence-corrected chi connectivity index (χ2v) is 4.05. The molecule has 0 unspecified atom stereocenters. The molecule has 1 fully saturated rings.